The molecule has 0 radical (unpaired) electrons. The number of para-hydroxylation sites is 1. The molecule has 1 fully saturated rings. The van der Waals surface area contributed by atoms with Crippen LogP contribution in [-0.4, -0.2) is 105 Å². The van der Waals surface area contributed by atoms with Crippen LogP contribution in [0.2, 0.25) is 0 Å². The van der Waals surface area contributed by atoms with Crippen LogP contribution in [0.25, 0.3) is 0 Å². The van der Waals surface area contributed by atoms with Crippen LogP contribution < -0.4 is 9.47 Å². The lowest BCUT2D eigenvalue weighted by molar-refractivity contribution is -0.870. The van der Waals surface area contributed by atoms with Crippen LogP contribution in [0.4, 0.5) is 0 Å². The van der Waals surface area contributed by atoms with E-state index in [1.54, 1.807) is 7.11 Å². The van der Waals surface area contributed by atoms with Crippen molar-refractivity contribution in [3.05, 3.63) is 59.2 Å². The largest absolute Gasteiger partial charge is 0.496 e. The molecule has 2 aliphatic heterocycles. The first-order valence-electron chi connectivity index (χ1n) is 15.5. The van der Waals surface area contributed by atoms with E-state index in [1.807, 2.05) is 41.3 Å². The Morgan fingerprint density at radius 1 is 1.10 bits per heavy atom. The Morgan fingerprint density at radius 2 is 1.86 bits per heavy atom. The molecule has 1 N–H and O–H groups in total. The number of unbranched alkanes of at least 4 members (excludes halogenated alkanes) is 2. The number of amides is 1. The van der Waals surface area contributed by atoms with Crippen LogP contribution in [0, 0.1) is 5.92 Å². The molecule has 3 atom stereocenters. The molecule has 1 amide bonds. The lowest BCUT2D eigenvalue weighted by Gasteiger charge is -2.30. The Hall–Kier alpha value is -3.10. The number of carboxylic acid groups (broad SMARTS) is 1. The molecule has 42 heavy (non-hydrogen) atoms. The minimum absolute atomic E-state index is 0.0888. The van der Waals surface area contributed by atoms with Crippen LogP contribution in [0.5, 0.6) is 11.5 Å². The van der Waals surface area contributed by atoms with Crippen LogP contribution >= 0.6 is 0 Å². The van der Waals surface area contributed by atoms with Gasteiger partial charge in [-0.3, -0.25) is 14.5 Å². The van der Waals surface area contributed by atoms with Crippen LogP contribution in [0.3, 0.4) is 0 Å². The molecule has 8 heteroatoms. The zero-order valence-corrected chi connectivity index (χ0v) is 26.2. The molecule has 0 aromatic heterocycles. The second-order valence-electron chi connectivity index (χ2n) is 12.9. The van der Waals surface area contributed by atoms with E-state index in [0.29, 0.717) is 19.6 Å². The fraction of sp³-hybridized carbons (Fsp3) is 0.588. The number of fused-ring (bicyclic) bond motifs is 1. The van der Waals surface area contributed by atoms with Crippen molar-refractivity contribution in [1.29, 1.82) is 0 Å². The number of benzene rings is 2. The van der Waals surface area contributed by atoms with Gasteiger partial charge in [-0.05, 0) is 54.5 Å². The van der Waals surface area contributed by atoms with E-state index in [1.165, 1.54) is 0 Å². The number of hydrogen-bond donors (Lipinski definition) is 1. The van der Waals surface area contributed by atoms with Gasteiger partial charge in [0.25, 0.3) is 0 Å². The van der Waals surface area contributed by atoms with Gasteiger partial charge in [-0.25, -0.2) is 0 Å². The summed E-state index contributed by atoms with van der Waals surface area (Å²) in [5.41, 5.74) is 3.10. The number of hydrogen-bond acceptors (Lipinski definition) is 5. The number of carboxylic acids is 1. The number of aliphatic carboxylic acids is 1. The van der Waals surface area contributed by atoms with Crippen LogP contribution in [-0.2, 0) is 22.4 Å². The Bertz CT molecular complexity index is 1210. The molecule has 2 aromatic carbocycles. The first-order valence-corrected chi connectivity index (χ1v) is 15.5. The van der Waals surface area contributed by atoms with Gasteiger partial charge < -0.3 is 24.0 Å². The van der Waals surface area contributed by atoms with Crippen molar-refractivity contribution in [3.63, 3.8) is 0 Å². The average Bonchev–Trinajstić information content (AvgIpc) is 3.56. The topological polar surface area (TPSA) is 79.3 Å². The summed E-state index contributed by atoms with van der Waals surface area (Å²) in [7, 11) is 8.22. The lowest BCUT2D eigenvalue weighted by atomic mass is 9.82. The Balaban J connectivity index is 1.60. The highest BCUT2D eigenvalue weighted by Gasteiger charge is 2.47. The summed E-state index contributed by atoms with van der Waals surface area (Å²) in [6.07, 6.45) is 5.34. The van der Waals surface area contributed by atoms with Crippen LogP contribution in [0.1, 0.15) is 55.2 Å². The minimum Gasteiger partial charge on any atom is -0.496 e. The van der Waals surface area contributed by atoms with E-state index >= 15 is 0 Å². The Kier molecular flexibility index (Phi) is 10.9. The maximum atomic E-state index is 13.9. The maximum Gasteiger partial charge on any atom is 0.308 e. The van der Waals surface area contributed by atoms with Gasteiger partial charge in [0.05, 0.1) is 53.9 Å². The maximum absolute atomic E-state index is 13.9. The van der Waals surface area contributed by atoms with Gasteiger partial charge in [0.1, 0.15) is 11.5 Å². The number of ether oxygens (including phenoxy) is 2. The second kappa shape index (κ2) is 14.4. The van der Waals surface area contributed by atoms with Gasteiger partial charge in [0.15, 0.2) is 0 Å². The Morgan fingerprint density at radius 3 is 2.57 bits per heavy atom. The van der Waals surface area contributed by atoms with Gasteiger partial charge in [-0.2, -0.15) is 0 Å². The van der Waals surface area contributed by atoms with Gasteiger partial charge >= 0.3 is 5.97 Å². The number of carbonyl (C=O) groups is 2. The van der Waals surface area contributed by atoms with E-state index in [0.717, 1.165) is 84.4 Å². The standard InChI is InChI=1S/C34H49N3O5/c1-6-7-17-35(18-10-11-19-37(2,3)4)32(38)24-36-23-28(25-14-15-31-27(21-25)16-20-42-31)33(34(39)40)29(36)22-26-12-8-9-13-30(26)41-5/h8-9,12-15,21,28-29,33H,6-7,10-11,16-20,22-24H2,1-5H3/p+1/t28-,29+,33-/m1/s1. The highest BCUT2D eigenvalue weighted by molar-refractivity contribution is 5.79. The smallest absolute Gasteiger partial charge is 0.308 e. The summed E-state index contributed by atoms with van der Waals surface area (Å²) in [4.78, 5) is 31.0. The third kappa shape index (κ3) is 8.04. The molecule has 1 saturated heterocycles. The number of nitrogens with zero attached hydrogens (tertiary/aromatic N) is 3. The molecule has 2 aromatic rings. The number of likely N-dealkylation sites (tertiary alicyclic amines) is 1. The number of methoxy groups -OCH3 is 1. The van der Waals surface area contributed by atoms with E-state index in [9.17, 15) is 14.7 Å². The molecule has 0 saturated carbocycles. The van der Waals surface area contributed by atoms with E-state index < -0.39 is 11.9 Å². The predicted molar refractivity (Wildman–Crippen MR) is 165 cm³/mol. The molecule has 0 unspecified atom stereocenters. The van der Waals surface area contributed by atoms with Gasteiger partial charge in [0.2, 0.25) is 5.91 Å². The van der Waals surface area contributed by atoms with Crippen molar-refractivity contribution in [2.24, 2.45) is 5.92 Å². The number of quaternary nitrogens is 1. The zero-order chi connectivity index (χ0) is 30.3. The molecule has 230 valence electrons. The van der Waals surface area contributed by atoms with Gasteiger partial charge in [-0.15, -0.1) is 0 Å². The van der Waals surface area contributed by atoms with Gasteiger partial charge in [0, 0.05) is 38.0 Å². The van der Waals surface area contributed by atoms with Crippen molar-refractivity contribution in [3.8, 4) is 11.5 Å². The van der Waals surface area contributed by atoms with E-state index in [4.69, 9.17) is 9.47 Å². The molecule has 0 aliphatic carbocycles. The summed E-state index contributed by atoms with van der Waals surface area (Å²) in [6, 6.07) is 13.6. The van der Waals surface area contributed by atoms with Crippen molar-refractivity contribution in [2.45, 2.75) is 57.4 Å². The third-order valence-corrected chi connectivity index (χ3v) is 8.78. The van der Waals surface area contributed by atoms with Crippen molar-refractivity contribution >= 4 is 11.9 Å². The molecule has 2 heterocycles. The van der Waals surface area contributed by atoms with Crippen molar-refractivity contribution in [1.82, 2.24) is 9.80 Å². The summed E-state index contributed by atoms with van der Waals surface area (Å²) in [5.74, 6) is 0.0119. The summed E-state index contributed by atoms with van der Waals surface area (Å²) in [6.45, 7) is 6.08. The number of carbonyl (C=O) groups excluding carboxylic acids is 1. The first kappa shape index (κ1) is 31.8. The average molecular weight is 581 g/mol. The third-order valence-electron chi connectivity index (χ3n) is 8.78. The van der Waals surface area contributed by atoms with Crippen molar-refractivity contribution in [2.75, 3.05) is 67.6 Å². The SMILES string of the molecule is CCCCN(CCCC[N+](C)(C)C)C(=O)CN1C[C@H](c2ccc3c(c2)CCO3)[C@@H](C(=O)O)[C@@H]1Cc1ccccc1OC. The Labute approximate surface area is 251 Å². The normalized spacial score (nSPS) is 20.3. The second-order valence-corrected chi connectivity index (χ2v) is 12.9. The predicted octanol–water partition coefficient (Wildman–Crippen LogP) is 4.46. The lowest BCUT2D eigenvalue weighted by Crippen LogP contribution is -2.45. The molecular formula is C34H50N3O5+. The molecule has 2 aliphatic rings. The highest BCUT2D eigenvalue weighted by Crippen LogP contribution is 2.41. The number of rotatable bonds is 15. The first-order chi connectivity index (χ1) is 20.1. The monoisotopic (exact) mass is 580 g/mol. The zero-order valence-electron chi connectivity index (χ0n) is 26.2. The summed E-state index contributed by atoms with van der Waals surface area (Å²) < 4.78 is 12.3. The molecule has 0 bridgehead atoms. The van der Waals surface area contributed by atoms with E-state index in [2.05, 4.69) is 39.0 Å². The summed E-state index contributed by atoms with van der Waals surface area (Å²) in [5, 5.41) is 10.6. The molecular weight excluding hydrogens is 530 g/mol. The van der Waals surface area contributed by atoms with Gasteiger partial charge in [-0.1, -0.05) is 43.7 Å². The molecule has 0 spiro atoms. The molecule has 8 nitrogen and oxygen atoms in total. The summed E-state index contributed by atoms with van der Waals surface area (Å²) >= 11 is 0. The highest BCUT2D eigenvalue weighted by atomic mass is 16.5. The quantitative estimate of drug-likeness (QED) is 0.248. The molecule has 4 rings (SSSR count). The van der Waals surface area contributed by atoms with Crippen LogP contribution in [0.15, 0.2) is 42.5 Å². The minimum atomic E-state index is -0.824. The van der Waals surface area contributed by atoms with Crippen molar-refractivity contribution < 1.29 is 28.7 Å². The fourth-order valence-corrected chi connectivity index (χ4v) is 6.49. The van der Waals surface area contributed by atoms with E-state index in [-0.39, 0.29) is 24.4 Å². The fourth-order valence-electron chi connectivity index (χ4n) is 6.49.